The fraction of sp³-hybridized carbons (Fsp3) is 0.370. The van der Waals surface area contributed by atoms with Gasteiger partial charge in [0.1, 0.15) is 11.9 Å². The predicted octanol–water partition coefficient (Wildman–Crippen LogP) is 3.73. The molecule has 0 saturated carbocycles. The van der Waals surface area contributed by atoms with Crippen LogP contribution in [0.15, 0.2) is 59.4 Å². The molecule has 2 heterocycles. The van der Waals surface area contributed by atoms with Crippen molar-refractivity contribution < 1.29 is 18.7 Å². The molecule has 0 aromatic heterocycles. The van der Waals surface area contributed by atoms with Gasteiger partial charge in [-0.15, -0.1) is 0 Å². The largest absolute Gasteiger partial charge is 0.442 e. The maximum Gasteiger partial charge on any atom is 0.414 e. The van der Waals surface area contributed by atoms with Gasteiger partial charge in [0.25, 0.3) is 0 Å². The van der Waals surface area contributed by atoms with Crippen molar-refractivity contribution in [3.63, 3.8) is 0 Å². The molecule has 3 N–H and O–H groups in total. The topological polar surface area (TPSA) is 95.1 Å². The molecule has 2 atom stereocenters. The first-order chi connectivity index (χ1) is 17.4. The Bertz CT molecular complexity index is 1150. The van der Waals surface area contributed by atoms with E-state index >= 15 is 0 Å². The Balaban J connectivity index is 1.27. The van der Waals surface area contributed by atoms with E-state index in [1.807, 2.05) is 36.7 Å². The van der Waals surface area contributed by atoms with Gasteiger partial charge in [-0.1, -0.05) is 24.3 Å². The average molecular weight is 494 g/mol. The summed E-state index contributed by atoms with van der Waals surface area (Å²) in [6.45, 7) is 5.58. The SMILES string of the molecule is CC(=O)NC[C@H]1CN(c2ccc(-c3ccc(CNCCCC4=CN=C[C@@H](C)N4)cc3)c(F)c2)C(=O)O1. The number of amides is 2. The molecule has 2 aromatic carbocycles. The summed E-state index contributed by atoms with van der Waals surface area (Å²) in [6.07, 6.45) is 4.71. The molecule has 1 fully saturated rings. The molecule has 8 nitrogen and oxygen atoms in total. The molecule has 2 aromatic rings. The lowest BCUT2D eigenvalue weighted by Crippen LogP contribution is -2.33. The predicted molar refractivity (Wildman–Crippen MR) is 138 cm³/mol. The number of cyclic esters (lactones) is 1. The highest BCUT2D eigenvalue weighted by molar-refractivity contribution is 5.90. The maximum atomic E-state index is 15.0. The summed E-state index contributed by atoms with van der Waals surface area (Å²) in [5.74, 6) is -0.613. The van der Waals surface area contributed by atoms with Crippen LogP contribution >= 0.6 is 0 Å². The number of benzene rings is 2. The molecule has 190 valence electrons. The minimum atomic E-state index is -0.552. The number of hydrogen-bond donors (Lipinski definition) is 3. The van der Waals surface area contributed by atoms with E-state index in [0.717, 1.165) is 42.8 Å². The van der Waals surface area contributed by atoms with Crippen molar-refractivity contribution in [2.45, 2.75) is 45.4 Å². The third-order valence-corrected chi connectivity index (χ3v) is 6.06. The molecule has 2 aliphatic rings. The van der Waals surface area contributed by atoms with Crippen molar-refractivity contribution in [2.24, 2.45) is 4.99 Å². The van der Waals surface area contributed by atoms with Gasteiger partial charge in [-0.05, 0) is 55.6 Å². The molecule has 0 spiro atoms. The number of anilines is 1. The number of nitrogens with one attached hydrogen (secondary N) is 3. The average Bonchev–Trinajstić information content (AvgIpc) is 3.23. The van der Waals surface area contributed by atoms with Crippen LogP contribution in [-0.2, 0) is 16.1 Å². The Hall–Kier alpha value is -3.72. The molecule has 1 saturated heterocycles. The molecule has 2 aliphatic heterocycles. The second kappa shape index (κ2) is 11.8. The van der Waals surface area contributed by atoms with Crippen LogP contribution in [0.2, 0.25) is 0 Å². The molecule has 9 heteroatoms. The van der Waals surface area contributed by atoms with Crippen LogP contribution < -0.4 is 20.9 Å². The van der Waals surface area contributed by atoms with Crippen LogP contribution in [0.5, 0.6) is 0 Å². The summed E-state index contributed by atoms with van der Waals surface area (Å²) < 4.78 is 20.2. The van der Waals surface area contributed by atoms with Crippen LogP contribution in [0.25, 0.3) is 11.1 Å². The minimum absolute atomic E-state index is 0.197. The highest BCUT2D eigenvalue weighted by atomic mass is 19.1. The van der Waals surface area contributed by atoms with Crippen LogP contribution in [0, 0.1) is 5.82 Å². The van der Waals surface area contributed by atoms with Crippen LogP contribution in [0.3, 0.4) is 0 Å². The zero-order chi connectivity index (χ0) is 25.5. The van der Waals surface area contributed by atoms with Crippen molar-refractivity contribution in [3.05, 3.63) is 65.7 Å². The number of nitrogens with zero attached hydrogens (tertiary/aromatic N) is 2. The Kier molecular flexibility index (Phi) is 8.32. The Morgan fingerprint density at radius 1 is 1.25 bits per heavy atom. The standard InChI is InChI=1S/C27H32FN5O3/c1-18-13-30-15-22(32-18)4-3-11-29-14-20-5-7-21(8-6-20)25-10-9-23(12-26(25)28)33-17-24(36-27(33)35)16-31-19(2)34/h5-10,12-13,15,18,24,29,32H,3-4,11,14,16-17H2,1-2H3,(H,31,34)/t18-,24+/m1/s1. The van der Waals surface area contributed by atoms with E-state index in [-0.39, 0.29) is 25.0 Å². The number of halogens is 1. The van der Waals surface area contributed by atoms with Crippen LogP contribution in [0.1, 0.15) is 32.3 Å². The number of carbonyl (C=O) groups is 2. The summed E-state index contributed by atoms with van der Waals surface area (Å²) in [6, 6.07) is 12.8. The van der Waals surface area contributed by atoms with Gasteiger partial charge in [-0.25, -0.2) is 9.18 Å². The third kappa shape index (κ3) is 6.69. The van der Waals surface area contributed by atoms with Gasteiger partial charge >= 0.3 is 6.09 Å². The number of ether oxygens (including phenoxy) is 1. The summed E-state index contributed by atoms with van der Waals surface area (Å²) in [4.78, 5) is 28.9. The van der Waals surface area contributed by atoms with Crippen molar-refractivity contribution in [2.75, 3.05) is 24.5 Å². The second-order valence-corrected chi connectivity index (χ2v) is 9.08. The van der Waals surface area contributed by atoms with E-state index < -0.39 is 18.0 Å². The van der Waals surface area contributed by atoms with Gasteiger partial charge < -0.3 is 20.7 Å². The summed E-state index contributed by atoms with van der Waals surface area (Å²) in [5.41, 5.74) is 3.93. The van der Waals surface area contributed by atoms with Crippen LogP contribution in [0.4, 0.5) is 14.9 Å². The number of rotatable bonds is 10. The van der Waals surface area contributed by atoms with Gasteiger partial charge in [0, 0.05) is 37.1 Å². The van der Waals surface area contributed by atoms with Gasteiger partial charge in [-0.3, -0.25) is 14.7 Å². The van der Waals surface area contributed by atoms with Gasteiger partial charge in [-0.2, -0.15) is 0 Å². The number of hydrogen-bond acceptors (Lipinski definition) is 6. The molecule has 2 amide bonds. The van der Waals surface area contributed by atoms with Gasteiger partial charge in [0.15, 0.2) is 0 Å². The third-order valence-electron chi connectivity index (χ3n) is 6.06. The molecular weight excluding hydrogens is 461 g/mol. The van der Waals surface area contributed by atoms with Crippen LogP contribution in [-0.4, -0.2) is 50.0 Å². The molecule has 0 bridgehead atoms. The van der Waals surface area contributed by atoms with E-state index in [1.165, 1.54) is 17.9 Å². The highest BCUT2D eigenvalue weighted by Crippen LogP contribution is 2.29. The van der Waals surface area contributed by atoms with Crippen molar-refractivity contribution in [3.8, 4) is 11.1 Å². The zero-order valence-corrected chi connectivity index (χ0v) is 20.6. The van der Waals surface area contributed by atoms with Crippen molar-refractivity contribution >= 4 is 23.9 Å². The van der Waals surface area contributed by atoms with E-state index in [9.17, 15) is 14.0 Å². The lowest BCUT2D eigenvalue weighted by Gasteiger charge is -2.17. The second-order valence-electron chi connectivity index (χ2n) is 9.08. The molecule has 0 unspecified atom stereocenters. The van der Waals surface area contributed by atoms with E-state index in [1.54, 1.807) is 12.1 Å². The van der Waals surface area contributed by atoms with E-state index in [0.29, 0.717) is 11.3 Å². The molecule has 0 aliphatic carbocycles. The summed E-state index contributed by atoms with van der Waals surface area (Å²) in [7, 11) is 0. The van der Waals surface area contributed by atoms with Gasteiger partial charge in [0.2, 0.25) is 5.91 Å². The Morgan fingerprint density at radius 3 is 2.78 bits per heavy atom. The van der Waals surface area contributed by atoms with Gasteiger partial charge in [0.05, 0.1) is 24.8 Å². The first-order valence-electron chi connectivity index (χ1n) is 12.2. The van der Waals surface area contributed by atoms with Crippen molar-refractivity contribution in [1.29, 1.82) is 0 Å². The quantitative estimate of drug-likeness (QED) is 0.439. The Labute approximate surface area is 210 Å². The van der Waals surface area contributed by atoms with Crippen molar-refractivity contribution in [1.82, 2.24) is 16.0 Å². The first-order valence-corrected chi connectivity index (χ1v) is 12.2. The summed E-state index contributed by atoms with van der Waals surface area (Å²) >= 11 is 0. The van der Waals surface area contributed by atoms with E-state index in [2.05, 4.69) is 27.9 Å². The first kappa shape index (κ1) is 25.4. The normalized spacial score (nSPS) is 19.0. The smallest absolute Gasteiger partial charge is 0.414 e. The lowest BCUT2D eigenvalue weighted by molar-refractivity contribution is -0.119. The highest BCUT2D eigenvalue weighted by Gasteiger charge is 2.32. The number of allylic oxidation sites excluding steroid dienone is 1. The molecule has 0 radical (unpaired) electrons. The summed E-state index contributed by atoms with van der Waals surface area (Å²) in [5, 5.41) is 9.47. The fourth-order valence-electron chi connectivity index (χ4n) is 4.21. The van der Waals surface area contributed by atoms with E-state index in [4.69, 9.17) is 4.74 Å². The monoisotopic (exact) mass is 493 g/mol. The zero-order valence-electron chi connectivity index (χ0n) is 20.6. The Morgan fingerprint density at radius 2 is 2.06 bits per heavy atom. The maximum absolute atomic E-state index is 15.0. The molecular formula is C27H32FN5O3. The number of aliphatic imine (C=N–C) groups is 1. The molecule has 36 heavy (non-hydrogen) atoms. The minimum Gasteiger partial charge on any atom is -0.442 e. The number of carbonyl (C=O) groups excluding carboxylic acids is 2. The lowest BCUT2D eigenvalue weighted by atomic mass is 10.0. The fourth-order valence-corrected chi connectivity index (χ4v) is 4.21. The molecule has 4 rings (SSSR count).